The molecule has 1 aromatic carbocycles. The van der Waals surface area contributed by atoms with E-state index in [1.54, 1.807) is 0 Å². The van der Waals surface area contributed by atoms with Crippen LogP contribution in [-0.4, -0.2) is 67.7 Å². The van der Waals surface area contributed by atoms with Gasteiger partial charge in [0.1, 0.15) is 5.75 Å². The van der Waals surface area contributed by atoms with E-state index < -0.39 is 0 Å². The molecule has 4 rings (SSSR count). The number of amides is 1. The average Bonchev–Trinajstić information content (AvgIpc) is 3.14. The number of fused-ring (bicyclic) bond motifs is 1. The van der Waals surface area contributed by atoms with E-state index in [0.29, 0.717) is 19.1 Å². The fraction of sp³-hybridized carbons (Fsp3) is 0.650. The van der Waals surface area contributed by atoms with Gasteiger partial charge in [0.15, 0.2) is 0 Å². The van der Waals surface area contributed by atoms with Crippen molar-refractivity contribution in [1.29, 1.82) is 0 Å². The Morgan fingerprint density at radius 2 is 2.00 bits per heavy atom. The normalized spacial score (nSPS) is 24.0. The van der Waals surface area contributed by atoms with Gasteiger partial charge in [-0.1, -0.05) is 18.6 Å². The summed E-state index contributed by atoms with van der Waals surface area (Å²) < 4.78 is 11.0. The zero-order valence-corrected chi connectivity index (χ0v) is 14.9. The van der Waals surface area contributed by atoms with Gasteiger partial charge in [-0.15, -0.1) is 0 Å². The number of hydrogen-bond acceptors (Lipinski definition) is 4. The Hall–Kier alpha value is -1.59. The Kier molecular flexibility index (Phi) is 5.22. The molecular weight excluding hydrogens is 316 g/mol. The summed E-state index contributed by atoms with van der Waals surface area (Å²) in [6.45, 7) is 5.64. The van der Waals surface area contributed by atoms with Gasteiger partial charge < -0.3 is 14.4 Å². The highest BCUT2D eigenvalue weighted by atomic mass is 16.5. The third kappa shape index (κ3) is 3.82. The minimum absolute atomic E-state index is 0.0598. The second-order valence-corrected chi connectivity index (χ2v) is 7.28. The molecule has 5 nitrogen and oxygen atoms in total. The van der Waals surface area contributed by atoms with Crippen LogP contribution in [0.4, 0.5) is 0 Å². The number of morpholine rings is 1. The van der Waals surface area contributed by atoms with Crippen LogP contribution >= 0.6 is 0 Å². The summed E-state index contributed by atoms with van der Waals surface area (Å²) in [6, 6.07) is 6.62. The van der Waals surface area contributed by atoms with E-state index in [-0.39, 0.29) is 6.04 Å². The summed E-state index contributed by atoms with van der Waals surface area (Å²) in [5, 5.41) is 0. The SMILES string of the molecule is O=C([C@H]1CCCCN1CCc1ccc2c(c1)CCO2)N1CCOCC1. The van der Waals surface area contributed by atoms with Crippen LogP contribution in [0.1, 0.15) is 30.4 Å². The second-order valence-electron chi connectivity index (χ2n) is 7.28. The Morgan fingerprint density at radius 1 is 1.12 bits per heavy atom. The maximum atomic E-state index is 12.9. The first-order chi connectivity index (χ1) is 12.3. The number of carbonyl (C=O) groups is 1. The Morgan fingerprint density at radius 3 is 2.88 bits per heavy atom. The van der Waals surface area contributed by atoms with E-state index in [1.165, 1.54) is 17.5 Å². The van der Waals surface area contributed by atoms with Crippen molar-refractivity contribution in [3.8, 4) is 5.75 Å². The van der Waals surface area contributed by atoms with Crippen molar-refractivity contribution in [3.05, 3.63) is 29.3 Å². The van der Waals surface area contributed by atoms with Gasteiger partial charge in [0.25, 0.3) is 0 Å². The third-order valence-electron chi connectivity index (χ3n) is 5.66. The highest BCUT2D eigenvalue weighted by Crippen LogP contribution is 2.26. The molecule has 0 spiro atoms. The lowest BCUT2D eigenvalue weighted by Crippen LogP contribution is -2.53. The molecule has 0 radical (unpaired) electrons. The molecule has 1 atom stereocenters. The van der Waals surface area contributed by atoms with Crippen LogP contribution in [0.25, 0.3) is 0 Å². The summed E-state index contributed by atoms with van der Waals surface area (Å²) in [4.78, 5) is 17.3. The Bertz CT molecular complexity index is 613. The lowest BCUT2D eigenvalue weighted by atomic mass is 9.99. The maximum Gasteiger partial charge on any atom is 0.240 e. The molecule has 3 heterocycles. The summed E-state index contributed by atoms with van der Waals surface area (Å²) >= 11 is 0. The highest BCUT2D eigenvalue weighted by Gasteiger charge is 2.32. The van der Waals surface area contributed by atoms with Crippen LogP contribution in [0.5, 0.6) is 5.75 Å². The number of rotatable bonds is 4. The number of carbonyl (C=O) groups excluding carboxylic acids is 1. The molecule has 2 fully saturated rings. The number of likely N-dealkylation sites (tertiary alicyclic amines) is 1. The molecule has 1 aromatic rings. The van der Waals surface area contributed by atoms with Crippen molar-refractivity contribution >= 4 is 5.91 Å². The summed E-state index contributed by atoms with van der Waals surface area (Å²) in [7, 11) is 0. The number of hydrogen-bond donors (Lipinski definition) is 0. The van der Waals surface area contributed by atoms with E-state index >= 15 is 0 Å². The standard InChI is InChI=1S/C20H28N2O3/c23-20(22-10-13-24-14-11-22)18-3-1-2-8-21(18)9-6-16-4-5-19-17(15-16)7-12-25-19/h4-5,15,18H,1-3,6-14H2/t18-/m1/s1. The van der Waals surface area contributed by atoms with Crippen LogP contribution in [0.2, 0.25) is 0 Å². The minimum Gasteiger partial charge on any atom is -0.493 e. The van der Waals surface area contributed by atoms with E-state index in [4.69, 9.17) is 9.47 Å². The number of ether oxygens (including phenoxy) is 2. The van der Waals surface area contributed by atoms with E-state index in [0.717, 1.165) is 64.2 Å². The van der Waals surface area contributed by atoms with Gasteiger partial charge in [-0.05, 0) is 43.0 Å². The lowest BCUT2D eigenvalue weighted by molar-refractivity contribution is -0.142. The first-order valence-corrected chi connectivity index (χ1v) is 9.66. The van der Waals surface area contributed by atoms with Gasteiger partial charge >= 0.3 is 0 Å². The molecule has 0 aromatic heterocycles. The third-order valence-corrected chi connectivity index (χ3v) is 5.66. The topological polar surface area (TPSA) is 42.0 Å². The van der Waals surface area contributed by atoms with Crippen molar-refractivity contribution in [3.63, 3.8) is 0 Å². The average molecular weight is 344 g/mol. The zero-order valence-electron chi connectivity index (χ0n) is 14.9. The van der Waals surface area contributed by atoms with E-state index in [9.17, 15) is 4.79 Å². The van der Waals surface area contributed by atoms with Crippen LogP contribution in [0, 0.1) is 0 Å². The molecule has 25 heavy (non-hydrogen) atoms. The lowest BCUT2D eigenvalue weighted by Gasteiger charge is -2.38. The summed E-state index contributed by atoms with van der Waals surface area (Å²) in [5.74, 6) is 1.35. The number of nitrogens with zero attached hydrogens (tertiary/aromatic N) is 2. The molecule has 0 bridgehead atoms. The predicted octanol–water partition coefficient (Wildman–Crippen LogP) is 1.88. The summed E-state index contributed by atoms with van der Waals surface area (Å²) in [6.07, 6.45) is 5.37. The second kappa shape index (κ2) is 7.75. The van der Waals surface area contributed by atoms with Crippen molar-refractivity contribution in [2.45, 2.75) is 38.1 Å². The van der Waals surface area contributed by atoms with E-state index in [2.05, 4.69) is 23.1 Å². The molecule has 136 valence electrons. The van der Waals surface area contributed by atoms with Crippen LogP contribution in [0.15, 0.2) is 18.2 Å². The molecule has 5 heteroatoms. The molecular formula is C20H28N2O3. The fourth-order valence-electron chi connectivity index (χ4n) is 4.20. The Balaban J connectivity index is 1.38. The molecule has 3 aliphatic rings. The predicted molar refractivity (Wildman–Crippen MR) is 96.0 cm³/mol. The molecule has 0 N–H and O–H groups in total. The van der Waals surface area contributed by atoms with Gasteiger partial charge in [0, 0.05) is 26.1 Å². The Labute approximate surface area is 149 Å². The van der Waals surface area contributed by atoms with Crippen LogP contribution in [0.3, 0.4) is 0 Å². The molecule has 1 amide bonds. The smallest absolute Gasteiger partial charge is 0.240 e. The van der Waals surface area contributed by atoms with E-state index in [1.807, 2.05) is 4.90 Å². The van der Waals surface area contributed by atoms with Crippen LogP contribution < -0.4 is 4.74 Å². The number of benzene rings is 1. The largest absolute Gasteiger partial charge is 0.493 e. The fourth-order valence-corrected chi connectivity index (χ4v) is 4.20. The van der Waals surface area contributed by atoms with Gasteiger partial charge in [-0.25, -0.2) is 0 Å². The highest BCUT2D eigenvalue weighted by molar-refractivity contribution is 5.82. The summed E-state index contributed by atoms with van der Waals surface area (Å²) in [5.41, 5.74) is 2.68. The molecule has 2 saturated heterocycles. The van der Waals surface area contributed by atoms with Crippen molar-refractivity contribution in [2.75, 3.05) is 46.0 Å². The molecule has 0 unspecified atom stereocenters. The van der Waals surface area contributed by atoms with Gasteiger partial charge in [0.2, 0.25) is 5.91 Å². The maximum absolute atomic E-state index is 12.9. The van der Waals surface area contributed by atoms with Crippen molar-refractivity contribution in [1.82, 2.24) is 9.80 Å². The zero-order chi connectivity index (χ0) is 17.1. The quantitative estimate of drug-likeness (QED) is 0.836. The molecule has 0 aliphatic carbocycles. The van der Waals surface area contributed by atoms with Gasteiger partial charge in [-0.2, -0.15) is 0 Å². The van der Waals surface area contributed by atoms with Gasteiger partial charge in [-0.3, -0.25) is 9.69 Å². The molecule has 0 saturated carbocycles. The number of piperidine rings is 1. The van der Waals surface area contributed by atoms with Crippen molar-refractivity contribution in [2.24, 2.45) is 0 Å². The van der Waals surface area contributed by atoms with Crippen molar-refractivity contribution < 1.29 is 14.3 Å². The molecule has 3 aliphatic heterocycles. The first-order valence-electron chi connectivity index (χ1n) is 9.66. The first kappa shape index (κ1) is 16.9. The van der Waals surface area contributed by atoms with Gasteiger partial charge in [0.05, 0.1) is 25.9 Å². The van der Waals surface area contributed by atoms with Crippen LogP contribution in [-0.2, 0) is 22.4 Å². The monoisotopic (exact) mass is 344 g/mol. The minimum atomic E-state index is 0.0598.